The minimum atomic E-state index is 0.0126. The summed E-state index contributed by atoms with van der Waals surface area (Å²) < 4.78 is 11.7. The molecule has 1 saturated heterocycles. The van der Waals surface area contributed by atoms with Gasteiger partial charge in [0.1, 0.15) is 23.5 Å². The van der Waals surface area contributed by atoms with Crippen LogP contribution in [0.2, 0.25) is 0 Å². The molecule has 0 spiro atoms. The predicted molar refractivity (Wildman–Crippen MR) is 104 cm³/mol. The highest BCUT2D eigenvalue weighted by Gasteiger charge is 2.40. The summed E-state index contributed by atoms with van der Waals surface area (Å²) in [6.45, 7) is 7.31. The number of fused-ring (bicyclic) bond motifs is 1. The van der Waals surface area contributed by atoms with Gasteiger partial charge in [-0.2, -0.15) is 0 Å². The Kier molecular flexibility index (Phi) is 3.90. The van der Waals surface area contributed by atoms with Crippen molar-refractivity contribution in [3.8, 4) is 5.75 Å². The van der Waals surface area contributed by atoms with Crippen molar-refractivity contribution in [1.82, 2.24) is 9.97 Å². The molecule has 1 aromatic carbocycles. The number of benzene rings is 1. The van der Waals surface area contributed by atoms with Gasteiger partial charge in [-0.15, -0.1) is 0 Å². The van der Waals surface area contributed by atoms with Crippen molar-refractivity contribution in [2.24, 2.45) is 4.99 Å². The molecule has 0 radical (unpaired) electrons. The minimum absolute atomic E-state index is 0.0126. The molecule has 6 nitrogen and oxygen atoms in total. The zero-order chi connectivity index (χ0) is 18.4. The van der Waals surface area contributed by atoms with Crippen molar-refractivity contribution in [3.63, 3.8) is 0 Å². The molecule has 1 aliphatic carbocycles. The van der Waals surface area contributed by atoms with Gasteiger partial charge >= 0.3 is 0 Å². The number of rotatable bonds is 4. The highest BCUT2D eigenvalue weighted by atomic mass is 16.5. The molecule has 2 fully saturated rings. The lowest BCUT2D eigenvalue weighted by Crippen LogP contribution is -2.44. The van der Waals surface area contributed by atoms with Gasteiger partial charge in [0.25, 0.3) is 0 Å². The third kappa shape index (κ3) is 3.18. The molecular weight excluding hydrogens is 340 g/mol. The van der Waals surface area contributed by atoms with Crippen LogP contribution in [0.15, 0.2) is 35.6 Å². The highest BCUT2D eigenvalue weighted by Crippen LogP contribution is 2.40. The van der Waals surface area contributed by atoms with E-state index in [2.05, 4.69) is 46.9 Å². The lowest BCUT2D eigenvalue weighted by Gasteiger charge is -2.34. The Morgan fingerprint density at radius 3 is 2.93 bits per heavy atom. The van der Waals surface area contributed by atoms with Crippen LogP contribution in [0.4, 0.5) is 5.82 Å². The van der Waals surface area contributed by atoms with Crippen molar-refractivity contribution in [2.45, 2.75) is 44.9 Å². The van der Waals surface area contributed by atoms with E-state index >= 15 is 0 Å². The number of hydrogen-bond donors (Lipinski definition) is 0. The van der Waals surface area contributed by atoms with E-state index in [-0.39, 0.29) is 5.60 Å². The fourth-order valence-corrected chi connectivity index (χ4v) is 3.71. The van der Waals surface area contributed by atoms with E-state index in [0.29, 0.717) is 12.6 Å². The van der Waals surface area contributed by atoms with Crippen LogP contribution in [0.3, 0.4) is 0 Å². The number of morpholine rings is 1. The Morgan fingerprint density at radius 2 is 2.11 bits per heavy atom. The Labute approximate surface area is 159 Å². The largest absolute Gasteiger partial charge is 0.488 e. The molecule has 1 aromatic heterocycles. The normalized spacial score (nSPS) is 23.0. The topological polar surface area (TPSA) is 59.8 Å². The molecule has 27 heavy (non-hydrogen) atoms. The van der Waals surface area contributed by atoms with Crippen LogP contribution in [-0.2, 0) is 11.3 Å². The Bertz CT molecular complexity index is 907. The van der Waals surface area contributed by atoms with Gasteiger partial charge in [-0.3, -0.25) is 4.99 Å². The van der Waals surface area contributed by atoms with Gasteiger partial charge in [-0.25, -0.2) is 9.97 Å². The number of aliphatic imine (C=N–C) groups is 1. The van der Waals surface area contributed by atoms with E-state index in [1.54, 1.807) is 6.33 Å². The summed E-state index contributed by atoms with van der Waals surface area (Å²) in [7, 11) is 0. The average molecular weight is 364 g/mol. The molecule has 5 rings (SSSR count). The molecule has 0 N–H and O–H groups in total. The van der Waals surface area contributed by atoms with Crippen LogP contribution in [0.5, 0.6) is 5.75 Å². The number of anilines is 1. The van der Waals surface area contributed by atoms with Crippen LogP contribution < -0.4 is 9.64 Å². The van der Waals surface area contributed by atoms with Gasteiger partial charge < -0.3 is 14.4 Å². The number of nitrogens with zero attached hydrogens (tertiary/aromatic N) is 4. The maximum Gasteiger partial charge on any atom is 0.133 e. The second kappa shape index (κ2) is 6.30. The van der Waals surface area contributed by atoms with Crippen LogP contribution in [0.1, 0.15) is 43.5 Å². The lowest BCUT2D eigenvalue weighted by atomic mass is 10.0. The maximum absolute atomic E-state index is 6.15. The molecule has 3 aliphatic rings. The first-order chi connectivity index (χ1) is 13.1. The standard InChI is InChI=1S/C21H24N4O2/c1-14-12-26-8-7-25(14)19-10-18(23-13-24-19)20-17-9-16(27-21(2)5-6-21)4-3-15(17)11-22-20/h3-4,9-10,13-14H,5-8,11-12H2,1-2H3. The van der Waals surface area contributed by atoms with Crippen LogP contribution >= 0.6 is 0 Å². The second-order valence-corrected chi connectivity index (χ2v) is 7.91. The molecule has 2 aromatic rings. The SMILES string of the molecule is CC1COCCN1c1cc(C2=NCc3ccc(OC4(C)CC4)cc32)ncn1. The van der Waals surface area contributed by atoms with Gasteiger partial charge in [0.05, 0.1) is 37.2 Å². The summed E-state index contributed by atoms with van der Waals surface area (Å²) in [5, 5.41) is 0. The summed E-state index contributed by atoms with van der Waals surface area (Å²) in [5.74, 6) is 1.85. The molecule has 3 heterocycles. The van der Waals surface area contributed by atoms with E-state index in [1.807, 2.05) is 6.07 Å². The quantitative estimate of drug-likeness (QED) is 0.835. The molecule has 140 valence electrons. The summed E-state index contributed by atoms with van der Waals surface area (Å²) >= 11 is 0. The number of aromatic nitrogens is 2. The molecule has 2 aliphatic heterocycles. The molecule has 1 unspecified atom stereocenters. The van der Waals surface area contributed by atoms with Gasteiger partial charge in [0, 0.05) is 18.2 Å². The molecule has 1 atom stereocenters. The molecule has 1 saturated carbocycles. The fourth-order valence-electron chi connectivity index (χ4n) is 3.71. The van der Waals surface area contributed by atoms with E-state index in [1.165, 1.54) is 5.56 Å². The first kappa shape index (κ1) is 16.7. The summed E-state index contributed by atoms with van der Waals surface area (Å²) in [5.41, 5.74) is 4.15. The molecule has 0 amide bonds. The first-order valence-electron chi connectivity index (χ1n) is 9.65. The average Bonchev–Trinajstić information content (AvgIpc) is 3.25. The minimum Gasteiger partial charge on any atom is -0.488 e. The van der Waals surface area contributed by atoms with Crippen LogP contribution in [0, 0.1) is 0 Å². The number of ether oxygens (including phenoxy) is 2. The van der Waals surface area contributed by atoms with E-state index in [0.717, 1.165) is 61.1 Å². The van der Waals surface area contributed by atoms with Gasteiger partial charge in [0.2, 0.25) is 0 Å². The summed E-state index contributed by atoms with van der Waals surface area (Å²) in [6.07, 6.45) is 3.88. The van der Waals surface area contributed by atoms with Crippen molar-refractivity contribution in [1.29, 1.82) is 0 Å². The first-order valence-corrected chi connectivity index (χ1v) is 9.65. The third-order valence-corrected chi connectivity index (χ3v) is 5.62. The second-order valence-electron chi connectivity index (χ2n) is 7.91. The van der Waals surface area contributed by atoms with Gasteiger partial charge in [0.15, 0.2) is 0 Å². The Hall–Kier alpha value is -2.47. The zero-order valence-electron chi connectivity index (χ0n) is 15.8. The number of hydrogen-bond acceptors (Lipinski definition) is 6. The monoisotopic (exact) mass is 364 g/mol. The molecule has 6 heteroatoms. The predicted octanol–water partition coefficient (Wildman–Crippen LogP) is 2.98. The Morgan fingerprint density at radius 1 is 1.22 bits per heavy atom. The molecule has 0 bridgehead atoms. The smallest absolute Gasteiger partial charge is 0.133 e. The summed E-state index contributed by atoms with van der Waals surface area (Å²) in [6, 6.07) is 8.65. The van der Waals surface area contributed by atoms with Crippen molar-refractivity contribution >= 4 is 11.5 Å². The molecular formula is C21H24N4O2. The van der Waals surface area contributed by atoms with Crippen molar-refractivity contribution in [2.75, 3.05) is 24.7 Å². The van der Waals surface area contributed by atoms with E-state index in [4.69, 9.17) is 14.5 Å². The maximum atomic E-state index is 6.15. The lowest BCUT2D eigenvalue weighted by molar-refractivity contribution is 0.0985. The van der Waals surface area contributed by atoms with Crippen LogP contribution in [-0.4, -0.2) is 47.1 Å². The summed E-state index contributed by atoms with van der Waals surface area (Å²) in [4.78, 5) is 16.0. The van der Waals surface area contributed by atoms with Gasteiger partial charge in [-0.05, 0) is 44.4 Å². The third-order valence-electron chi connectivity index (χ3n) is 5.62. The van der Waals surface area contributed by atoms with Crippen molar-refractivity contribution in [3.05, 3.63) is 47.4 Å². The van der Waals surface area contributed by atoms with Crippen molar-refractivity contribution < 1.29 is 9.47 Å². The van der Waals surface area contributed by atoms with Gasteiger partial charge in [-0.1, -0.05) is 6.07 Å². The highest BCUT2D eigenvalue weighted by molar-refractivity contribution is 6.14. The Balaban J connectivity index is 1.45. The van der Waals surface area contributed by atoms with Crippen LogP contribution in [0.25, 0.3) is 0 Å². The zero-order valence-corrected chi connectivity index (χ0v) is 15.8. The van der Waals surface area contributed by atoms with E-state index in [9.17, 15) is 0 Å². The fraction of sp³-hybridized carbons (Fsp3) is 0.476. The van der Waals surface area contributed by atoms with E-state index < -0.39 is 0 Å².